The van der Waals surface area contributed by atoms with Gasteiger partial charge in [0, 0.05) is 20.0 Å². The first-order valence-corrected chi connectivity index (χ1v) is 5.13. The van der Waals surface area contributed by atoms with Crippen molar-refractivity contribution in [2.24, 2.45) is 5.92 Å². The number of carbonyl (C=O) groups excluding carboxylic acids is 1. The molecule has 0 aliphatic heterocycles. The highest BCUT2D eigenvalue weighted by Crippen LogP contribution is 2.15. The molecule has 0 fully saturated rings. The summed E-state index contributed by atoms with van der Waals surface area (Å²) in [5.74, 6) is 0.494. The molecule has 1 amide bonds. The van der Waals surface area contributed by atoms with E-state index in [1.54, 1.807) is 4.90 Å². The van der Waals surface area contributed by atoms with Gasteiger partial charge in [-0.05, 0) is 12.8 Å². The molecule has 0 bridgehead atoms. The highest BCUT2D eigenvalue weighted by molar-refractivity contribution is 5.78. The van der Waals surface area contributed by atoms with E-state index in [-0.39, 0.29) is 11.8 Å². The average Bonchev–Trinajstić information content (AvgIpc) is 2.11. The lowest BCUT2D eigenvalue weighted by Gasteiger charge is -2.18. The predicted molar refractivity (Wildman–Crippen MR) is 56.3 cm³/mol. The van der Waals surface area contributed by atoms with Crippen LogP contribution in [0.1, 0.15) is 39.0 Å². The van der Waals surface area contributed by atoms with E-state index < -0.39 is 0 Å². The highest BCUT2D eigenvalue weighted by Gasteiger charge is 2.16. The Morgan fingerprint density at radius 3 is 2.38 bits per heavy atom. The first-order chi connectivity index (χ1) is 6.13. The third kappa shape index (κ3) is 4.91. The van der Waals surface area contributed by atoms with Crippen molar-refractivity contribution in [1.29, 1.82) is 0 Å². The predicted octanol–water partition coefficient (Wildman–Crippen LogP) is 2.50. The lowest BCUT2D eigenvalue weighted by atomic mass is 9.97. The van der Waals surface area contributed by atoms with E-state index in [0.29, 0.717) is 0 Å². The Kier molecular flexibility index (Phi) is 6.65. The molecule has 0 aromatic heterocycles. The molecule has 1 atom stereocenters. The van der Waals surface area contributed by atoms with Gasteiger partial charge in [-0.3, -0.25) is 4.79 Å². The maximum atomic E-state index is 11.6. The Balaban J connectivity index is 3.81. The monoisotopic (exact) mass is 184 g/mol. The second kappa shape index (κ2) is 6.93. The van der Waals surface area contributed by atoms with Gasteiger partial charge < -0.3 is 4.90 Å². The smallest absolute Gasteiger partial charge is 0.225 e. The van der Waals surface area contributed by atoms with Crippen molar-refractivity contribution in [3.05, 3.63) is 6.92 Å². The summed E-state index contributed by atoms with van der Waals surface area (Å²) in [6.45, 7) is 5.87. The van der Waals surface area contributed by atoms with Gasteiger partial charge in [-0.2, -0.15) is 0 Å². The molecule has 0 spiro atoms. The summed E-state index contributed by atoms with van der Waals surface area (Å²) in [7, 11) is 3.65. The Labute approximate surface area is 82.3 Å². The van der Waals surface area contributed by atoms with E-state index >= 15 is 0 Å². The van der Waals surface area contributed by atoms with Crippen molar-refractivity contribution in [2.45, 2.75) is 39.0 Å². The first kappa shape index (κ1) is 12.5. The Morgan fingerprint density at radius 1 is 1.38 bits per heavy atom. The van der Waals surface area contributed by atoms with Gasteiger partial charge in [0.25, 0.3) is 0 Å². The summed E-state index contributed by atoms with van der Waals surface area (Å²) in [5, 5.41) is 0. The maximum absolute atomic E-state index is 11.6. The minimum absolute atomic E-state index is 0.224. The van der Waals surface area contributed by atoms with Crippen molar-refractivity contribution >= 4 is 5.91 Å². The zero-order valence-corrected chi connectivity index (χ0v) is 9.18. The van der Waals surface area contributed by atoms with E-state index in [1.165, 1.54) is 0 Å². The van der Waals surface area contributed by atoms with E-state index in [4.69, 9.17) is 0 Å². The van der Waals surface area contributed by atoms with Crippen LogP contribution in [0.4, 0.5) is 0 Å². The molecular weight excluding hydrogens is 162 g/mol. The average molecular weight is 184 g/mol. The summed E-state index contributed by atoms with van der Waals surface area (Å²) in [6.07, 6.45) is 5.21. The summed E-state index contributed by atoms with van der Waals surface area (Å²) in [5.41, 5.74) is 0. The van der Waals surface area contributed by atoms with Crippen molar-refractivity contribution < 1.29 is 4.79 Å². The number of nitrogens with zero attached hydrogens (tertiary/aromatic N) is 1. The second-order valence-corrected chi connectivity index (χ2v) is 3.69. The summed E-state index contributed by atoms with van der Waals surface area (Å²) in [6, 6.07) is 0. The van der Waals surface area contributed by atoms with Crippen LogP contribution in [0.2, 0.25) is 0 Å². The van der Waals surface area contributed by atoms with Gasteiger partial charge in [0.1, 0.15) is 0 Å². The normalized spacial score (nSPS) is 12.6. The van der Waals surface area contributed by atoms with E-state index in [1.807, 2.05) is 14.1 Å². The summed E-state index contributed by atoms with van der Waals surface area (Å²) < 4.78 is 0. The van der Waals surface area contributed by atoms with Crippen LogP contribution in [0.3, 0.4) is 0 Å². The molecule has 0 heterocycles. The molecule has 0 N–H and O–H groups in total. The fraction of sp³-hybridized carbons (Fsp3) is 0.818. The molecule has 13 heavy (non-hydrogen) atoms. The van der Waals surface area contributed by atoms with Crippen molar-refractivity contribution in [1.82, 2.24) is 4.90 Å². The van der Waals surface area contributed by atoms with Crippen LogP contribution in [0.15, 0.2) is 0 Å². The minimum Gasteiger partial charge on any atom is -0.349 e. The molecule has 2 heteroatoms. The molecule has 77 valence electrons. The lowest BCUT2D eigenvalue weighted by Crippen LogP contribution is -2.29. The van der Waals surface area contributed by atoms with Crippen molar-refractivity contribution in [2.75, 3.05) is 14.1 Å². The largest absolute Gasteiger partial charge is 0.349 e. The summed E-state index contributed by atoms with van der Waals surface area (Å²) in [4.78, 5) is 13.3. The molecule has 0 aliphatic rings. The molecule has 2 nitrogen and oxygen atoms in total. The molecule has 0 aromatic rings. The van der Waals surface area contributed by atoms with Gasteiger partial charge in [0.2, 0.25) is 5.91 Å². The van der Waals surface area contributed by atoms with Crippen LogP contribution >= 0.6 is 0 Å². The van der Waals surface area contributed by atoms with Crippen LogP contribution in [0.25, 0.3) is 0 Å². The third-order valence-corrected chi connectivity index (χ3v) is 2.34. The number of unbranched alkanes of at least 4 members (excludes halogenated alkanes) is 2. The Bertz CT molecular complexity index is 143. The number of hydrogen-bond acceptors (Lipinski definition) is 1. The molecule has 0 saturated heterocycles. The van der Waals surface area contributed by atoms with Crippen LogP contribution in [0.5, 0.6) is 0 Å². The first-order valence-electron chi connectivity index (χ1n) is 5.13. The van der Waals surface area contributed by atoms with Crippen LogP contribution in [0, 0.1) is 12.8 Å². The number of rotatable bonds is 6. The fourth-order valence-corrected chi connectivity index (χ4v) is 1.43. The number of amides is 1. The maximum Gasteiger partial charge on any atom is 0.225 e. The van der Waals surface area contributed by atoms with Gasteiger partial charge in [-0.1, -0.05) is 33.1 Å². The molecule has 0 rings (SSSR count). The molecule has 0 saturated carbocycles. The number of hydrogen-bond donors (Lipinski definition) is 0. The SMILES string of the molecule is [CH2]CCCCC(CC)C(=O)N(C)C. The lowest BCUT2D eigenvalue weighted by molar-refractivity contribution is -0.133. The van der Waals surface area contributed by atoms with Crippen molar-refractivity contribution in [3.8, 4) is 0 Å². The third-order valence-electron chi connectivity index (χ3n) is 2.34. The zero-order valence-electron chi connectivity index (χ0n) is 9.18. The molecule has 0 aromatic carbocycles. The van der Waals surface area contributed by atoms with Gasteiger partial charge in [0.05, 0.1) is 0 Å². The molecule has 1 radical (unpaired) electrons. The van der Waals surface area contributed by atoms with Gasteiger partial charge in [0.15, 0.2) is 0 Å². The topological polar surface area (TPSA) is 20.3 Å². The van der Waals surface area contributed by atoms with Crippen molar-refractivity contribution in [3.63, 3.8) is 0 Å². The van der Waals surface area contributed by atoms with Gasteiger partial charge in [-0.15, -0.1) is 0 Å². The van der Waals surface area contributed by atoms with E-state index in [0.717, 1.165) is 32.1 Å². The molecular formula is C11H22NO. The standard InChI is InChI=1S/C11H22NO/c1-5-7-8-9-10(6-2)11(13)12(3)4/h10H,1,5-9H2,2-4H3. The second-order valence-electron chi connectivity index (χ2n) is 3.69. The molecule has 1 unspecified atom stereocenters. The summed E-state index contributed by atoms with van der Waals surface area (Å²) >= 11 is 0. The van der Waals surface area contributed by atoms with Crippen LogP contribution in [-0.4, -0.2) is 24.9 Å². The van der Waals surface area contributed by atoms with E-state index in [9.17, 15) is 4.79 Å². The Morgan fingerprint density at radius 2 is 2.00 bits per heavy atom. The highest BCUT2D eigenvalue weighted by atomic mass is 16.2. The van der Waals surface area contributed by atoms with Crippen LogP contribution in [-0.2, 0) is 4.79 Å². The number of carbonyl (C=O) groups is 1. The fourth-order valence-electron chi connectivity index (χ4n) is 1.43. The van der Waals surface area contributed by atoms with E-state index in [2.05, 4.69) is 13.8 Å². The van der Waals surface area contributed by atoms with Crippen LogP contribution < -0.4 is 0 Å². The van der Waals surface area contributed by atoms with Gasteiger partial charge >= 0.3 is 0 Å². The zero-order chi connectivity index (χ0) is 10.3. The minimum atomic E-state index is 0.224. The quantitative estimate of drug-likeness (QED) is 0.581. The van der Waals surface area contributed by atoms with Gasteiger partial charge in [-0.25, -0.2) is 0 Å². The molecule has 0 aliphatic carbocycles. The Hall–Kier alpha value is -0.530.